The summed E-state index contributed by atoms with van der Waals surface area (Å²) in [5.74, 6) is -56.9. The minimum Gasteiger partial charge on any atom is -0.504 e. The number of esters is 11. The molecule has 4 heterocycles. The number of rotatable bonds is 25. The number of fused-ring (bicyclic) bond motifs is 5. The van der Waals surface area contributed by atoms with E-state index >= 15 is 14.4 Å². The zero-order valence-electron chi connectivity index (χ0n) is 73.5. The number of nitrogens with zero attached hydrogens (tertiary/aromatic N) is 1. The molecule has 51 heteroatoms. The molecule has 0 radical (unpaired) electrons. The van der Waals surface area contributed by atoms with Crippen LogP contribution in [-0.4, -0.2) is 291 Å². The molecule has 1 unspecified atom stereocenters. The number of epoxide rings is 1. The summed E-state index contributed by atoms with van der Waals surface area (Å²) in [5, 5.41) is 271. The summed E-state index contributed by atoms with van der Waals surface area (Å²) in [6, 6.07) is 18.8. The van der Waals surface area contributed by atoms with Gasteiger partial charge < -0.3 is 199 Å². The molecule has 4 aliphatic heterocycles. The first-order valence-corrected chi connectivity index (χ1v) is 41.6. The van der Waals surface area contributed by atoms with Gasteiger partial charge in [-0.25, -0.2) is 47.9 Å². The smallest absolute Gasteiger partial charge is 0.343 e. The first kappa shape index (κ1) is 101. The van der Waals surface area contributed by atoms with E-state index < -0.39 is 331 Å². The van der Waals surface area contributed by atoms with Crippen LogP contribution in [0.25, 0.3) is 0 Å². The maximum Gasteiger partial charge on any atom is 0.343 e. The number of morpholine rings is 1. The minimum atomic E-state index is -3.12. The lowest BCUT2D eigenvalue weighted by Gasteiger charge is -2.45. The van der Waals surface area contributed by atoms with E-state index in [4.69, 9.17) is 61.6 Å². The number of hydrogen-bond acceptors (Lipinski definition) is 50. The molecule has 0 spiro atoms. The van der Waals surface area contributed by atoms with E-state index in [-0.39, 0.29) is 18.7 Å². The van der Waals surface area contributed by atoms with Gasteiger partial charge in [-0.2, -0.15) is 0 Å². The van der Waals surface area contributed by atoms with Gasteiger partial charge in [-0.3, -0.25) is 4.79 Å². The quantitative estimate of drug-likeness (QED) is 0.00790. The molecule has 26 N–H and O–H groups in total. The average molecular weight is 2020 g/mol. The van der Waals surface area contributed by atoms with Gasteiger partial charge in [0.2, 0.25) is 41.1 Å². The molecule has 145 heavy (non-hydrogen) atoms. The van der Waals surface area contributed by atoms with Crippen molar-refractivity contribution >= 4 is 65.7 Å². The Morgan fingerprint density at radius 3 is 0.807 bits per heavy atom. The van der Waals surface area contributed by atoms with Crippen LogP contribution >= 0.6 is 0 Å². The molecule has 2 bridgehead atoms. The second kappa shape index (κ2) is 40.1. The Kier molecular flexibility index (Phi) is 28.0. The largest absolute Gasteiger partial charge is 0.504 e. The molecule has 0 amide bonds. The number of piperidine rings is 1. The number of hydrogen-bond donors (Lipinski definition) is 26. The summed E-state index contributed by atoms with van der Waals surface area (Å²) in [7, 11) is 4.51. The van der Waals surface area contributed by atoms with Gasteiger partial charge in [-0.15, -0.1) is 0 Å². The summed E-state index contributed by atoms with van der Waals surface area (Å²) in [5.41, 5.74) is -9.08. The van der Waals surface area contributed by atoms with Crippen LogP contribution in [-0.2, 0) is 42.7 Å². The summed E-state index contributed by atoms with van der Waals surface area (Å²) in [6.45, 7) is -1.93. The van der Waals surface area contributed by atoms with Crippen molar-refractivity contribution in [1.29, 1.82) is 0 Å². The van der Waals surface area contributed by atoms with E-state index in [2.05, 4.69) is 14.1 Å². The number of likely N-dealkylation sites (N-methyl/N-ethyl adjacent to an activating group) is 1. The predicted octanol–water partition coefficient (Wildman–Crippen LogP) is 5.90. The Labute approximate surface area is 806 Å². The molecule has 11 aromatic rings. The number of phenolic OH excluding ortho intramolecular Hbond substituents is 25. The fraction of sp³-hybridized carbons (Fsp3) is 0.181. The highest BCUT2D eigenvalue weighted by atomic mass is 16.8. The molecule has 11 aromatic carbocycles. The fourth-order valence-electron chi connectivity index (χ4n) is 15.4. The summed E-state index contributed by atoms with van der Waals surface area (Å²) in [6.07, 6.45) is -12.7. The fourth-order valence-corrected chi connectivity index (χ4v) is 15.4. The van der Waals surface area contributed by atoms with Crippen LogP contribution in [0.1, 0.15) is 128 Å². The lowest BCUT2D eigenvalue weighted by molar-refractivity contribution is -0.938. The van der Waals surface area contributed by atoms with Crippen LogP contribution in [0.2, 0.25) is 0 Å². The highest BCUT2D eigenvalue weighted by molar-refractivity contribution is 6.00. The standard InChI is InChI=1S/C76H52O46.C18H24NO4/c77-32-1-22(2-33(78)53(32)92)67(103)113-47-16-27(11-42(87)58(47)97)66(102)112-21-52-63(119-72(108)28-12-43(88)59(98)48(17-28)114-68(104)23-3-34(79)54(93)35(80)4-23)64(120-73(109)29-13-44(89)60(99)49(18-29)115-69(105)24-5-36(81)55(94)37(82)6-24)65(121-74(110)30-14-45(90)61(100)50(19-30)116-70(106)25-7-38(83)56(95)39(84)8-25)76(118-52)122-75(111)31-15-46(91)62(101)51(20-31)117-71(107)26-9-40(85)57(96)41(86)10-26;1-19(2)14-8-12(9-15(19)17-16(14)23-17)22-18(21)13(10-20)11-6-4-3-5-7-11/h1-20,52,63-65,76-101H,21H2;3-7,12-17,20H,8-10H2,1-2H3/q;+1/t52-,63-,64+,65-,76+;12?,13-,14-,15+,16+,17-/m11/s1. The maximum atomic E-state index is 15.3. The number of quaternary nitrogens is 1. The number of aliphatic hydroxyl groups excluding tert-OH is 1. The highest BCUT2D eigenvalue weighted by Crippen LogP contribution is 2.54. The molecule has 4 fully saturated rings. The molecule has 4 saturated heterocycles. The number of aromatic hydroxyl groups is 25. The Hall–Kier alpha value is -19.6. The monoisotopic (exact) mass is 2020 g/mol. The predicted molar refractivity (Wildman–Crippen MR) is 467 cm³/mol. The summed E-state index contributed by atoms with van der Waals surface area (Å²) >= 11 is 0. The van der Waals surface area contributed by atoms with Crippen LogP contribution in [0, 0.1) is 0 Å². The Morgan fingerprint density at radius 1 is 0.290 bits per heavy atom. The lowest BCUT2D eigenvalue weighted by atomic mass is 9.95. The van der Waals surface area contributed by atoms with Crippen molar-refractivity contribution in [2.75, 3.05) is 27.3 Å². The van der Waals surface area contributed by atoms with Crippen LogP contribution in [0.5, 0.6) is 172 Å². The summed E-state index contributed by atoms with van der Waals surface area (Å²) < 4.78 is 72.9. The van der Waals surface area contributed by atoms with Gasteiger partial charge in [-0.1, -0.05) is 30.3 Å². The molecular formula is C94H76NO50+. The zero-order chi connectivity index (χ0) is 106. The van der Waals surface area contributed by atoms with Crippen molar-refractivity contribution in [2.24, 2.45) is 0 Å². The van der Waals surface area contributed by atoms with Gasteiger partial charge in [0, 0.05) is 12.8 Å². The Morgan fingerprint density at radius 2 is 0.531 bits per heavy atom. The van der Waals surface area contributed by atoms with Gasteiger partial charge >= 0.3 is 65.7 Å². The third-order valence-electron chi connectivity index (χ3n) is 22.9. The first-order chi connectivity index (χ1) is 68.4. The molecule has 0 aliphatic carbocycles. The molecule has 0 aromatic heterocycles. The zero-order valence-corrected chi connectivity index (χ0v) is 73.5. The van der Waals surface area contributed by atoms with Crippen molar-refractivity contribution in [2.45, 2.75) is 79.9 Å². The van der Waals surface area contributed by atoms with E-state index in [1.165, 1.54) is 0 Å². The maximum absolute atomic E-state index is 15.3. The van der Waals surface area contributed by atoms with Crippen LogP contribution in [0.15, 0.2) is 152 Å². The molecular weight excluding hydrogens is 1940 g/mol. The number of carbonyl (C=O) groups excluding carboxylic acids is 11. The summed E-state index contributed by atoms with van der Waals surface area (Å²) in [4.78, 5) is 155. The number of ether oxygens (including phenoxy) is 13. The number of phenols is 25. The molecule has 756 valence electrons. The van der Waals surface area contributed by atoms with Crippen LogP contribution in [0.4, 0.5) is 0 Å². The molecule has 4 aliphatic rings. The van der Waals surface area contributed by atoms with Gasteiger partial charge in [0.15, 0.2) is 156 Å². The molecule has 51 nitrogen and oxygen atoms in total. The second-order valence-electron chi connectivity index (χ2n) is 32.6. The van der Waals surface area contributed by atoms with Crippen molar-refractivity contribution in [3.05, 3.63) is 213 Å². The van der Waals surface area contributed by atoms with Crippen LogP contribution in [0.3, 0.4) is 0 Å². The first-order valence-electron chi connectivity index (χ1n) is 41.6. The van der Waals surface area contributed by atoms with Gasteiger partial charge in [-0.05, 0) is 127 Å². The SMILES string of the molecule is C[N+]1(C)[C@@H]2CC(OC(=O)[C@H](CO)c3ccccc3)C[C@H]1[C@H]1O[C@H]12.O=C(OC[C@H]1O[C@@H](OC(=O)c2cc(O)c(O)c(OC(=O)c3cc(O)c(O)c(O)c3)c2)[C@H](OC(=O)c2cc(O)c(O)c(OC(=O)c3cc(O)c(O)c(O)c3)c2)[C@@H](OC(=O)c2cc(O)c(O)c(OC(=O)c3cc(O)c(O)c(O)c3)c2)[C@@H]1OC(=O)c1cc(O)c(O)c(OC(=O)c2cc(O)c(O)c(O)c2)c1)c1cc(O)c(O)c(OC(=O)c2cc(O)c(O)c(O)c2)c1. The normalized spacial score (nSPS) is 18.3. The minimum absolute atomic E-state index is 0.0576. The number of aliphatic hydroxyl groups is 1. The van der Waals surface area contributed by atoms with Crippen molar-refractivity contribution < 1.29 is 252 Å². The lowest BCUT2D eigenvalue weighted by Crippen LogP contribution is -2.63. The van der Waals surface area contributed by atoms with Crippen LogP contribution < -0.4 is 23.7 Å². The second-order valence-corrected chi connectivity index (χ2v) is 32.6. The Balaban J connectivity index is 0.000000627. The van der Waals surface area contributed by atoms with Crippen molar-refractivity contribution in [3.63, 3.8) is 0 Å². The van der Waals surface area contributed by atoms with E-state index in [0.717, 1.165) is 22.9 Å². The molecule has 11 atom stereocenters. The van der Waals surface area contributed by atoms with Gasteiger partial charge in [0.05, 0.1) is 76.3 Å². The van der Waals surface area contributed by atoms with E-state index in [9.17, 15) is 171 Å². The average Bonchev–Trinajstić information content (AvgIpc) is 1.53. The third kappa shape index (κ3) is 21.1. The van der Waals surface area contributed by atoms with Gasteiger partial charge in [0.1, 0.15) is 49.0 Å². The highest BCUT2D eigenvalue weighted by Gasteiger charge is 2.71. The van der Waals surface area contributed by atoms with Gasteiger partial charge in [0.25, 0.3) is 0 Å². The number of carbonyl (C=O) groups is 11. The Bertz CT molecular complexity index is 7020. The number of benzene rings is 11. The molecule has 15 rings (SSSR count). The van der Waals surface area contributed by atoms with E-state index in [1.54, 1.807) is 0 Å². The molecule has 0 saturated carbocycles. The van der Waals surface area contributed by atoms with E-state index in [0.29, 0.717) is 146 Å². The van der Waals surface area contributed by atoms with Crippen molar-refractivity contribution in [3.8, 4) is 172 Å². The third-order valence-corrected chi connectivity index (χ3v) is 22.9. The van der Waals surface area contributed by atoms with Crippen molar-refractivity contribution in [1.82, 2.24) is 0 Å². The topological polar surface area (TPSA) is 837 Å². The van der Waals surface area contributed by atoms with E-state index in [1.807, 2.05) is 30.3 Å².